The highest BCUT2D eigenvalue weighted by molar-refractivity contribution is 6.03. The predicted octanol–water partition coefficient (Wildman–Crippen LogP) is 3.12. The fourth-order valence-electron chi connectivity index (χ4n) is 1.68. The van der Waals surface area contributed by atoms with Crippen molar-refractivity contribution in [1.82, 2.24) is 0 Å². The van der Waals surface area contributed by atoms with E-state index in [0.717, 1.165) is 17.7 Å². The van der Waals surface area contributed by atoms with Gasteiger partial charge in [-0.05, 0) is 30.9 Å². The van der Waals surface area contributed by atoms with Crippen molar-refractivity contribution in [3.05, 3.63) is 29.8 Å². The standard InChI is InChI=1S/C14H19NO2/c1-4-10(2)12-7-5-6-8-13(12)15-14(17)9-11(3)16/h5-8,10H,4,9H2,1-3H3,(H,15,17). The maximum Gasteiger partial charge on any atom is 0.231 e. The summed E-state index contributed by atoms with van der Waals surface area (Å²) in [4.78, 5) is 22.4. The molecule has 92 valence electrons. The van der Waals surface area contributed by atoms with Gasteiger partial charge in [-0.25, -0.2) is 0 Å². The quantitative estimate of drug-likeness (QED) is 0.794. The summed E-state index contributed by atoms with van der Waals surface area (Å²) in [6.45, 7) is 5.65. The smallest absolute Gasteiger partial charge is 0.231 e. The van der Waals surface area contributed by atoms with E-state index < -0.39 is 0 Å². The molecule has 0 spiro atoms. The highest BCUT2D eigenvalue weighted by Crippen LogP contribution is 2.26. The third kappa shape index (κ3) is 4.02. The van der Waals surface area contributed by atoms with E-state index in [1.165, 1.54) is 6.92 Å². The van der Waals surface area contributed by atoms with Crippen LogP contribution in [0.3, 0.4) is 0 Å². The summed E-state index contributed by atoms with van der Waals surface area (Å²) < 4.78 is 0. The highest BCUT2D eigenvalue weighted by atomic mass is 16.2. The van der Waals surface area contributed by atoms with E-state index >= 15 is 0 Å². The van der Waals surface area contributed by atoms with Gasteiger partial charge in [0.2, 0.25) is 5.91 Å². The molecule has 1 unspecified atom stereocenters. The fraction of sp³-hybridized carbons (Fsp3) is 0.429. The van der Waals surface area contributed by atoms with Gasteiger partial charge in [-0.15, -0.1) is 0 Å². The SMILES string of the molecule is CCC(C)c1ccccc1NC(=O)CC(C)=O. The van der Waals surface area contributed by atoms with E-state index in [4.69, 9.17) is 0 Å². The topological polar surface area (TPSA) is 46.2 Å². The minimum absolute atomic E-state index is 0.0607. The number of Topliss-reactive ketones (excluding diaryl/α,β-unsaturated/α-hetero) is 1. The van der Waals surface area contributed by atoms with Crippen LogP contribution in [0.1, 0.15) is 45.1 Å². The molecule has 0 radical (unpaired) electrons. The second-order valence-corrected chi connectivity index (χ2v) is 4.32. The Morgan fingerprint density at radius 3 is 2.53 bits per heavy atom. The first-order valence-corrected chi connectivity index (χ1v) is 5.92. The summed E-state index contributed by atoms with van der Waals surface area (Å²) in [5.74, 6) is 0.0283. The molecule has 1 aromatic carbocycles. The van der Waals surface area contributed by atoms with Crippen LogP contribution in [0.25, 0.3) is 0 Å². The number of anilines is 1. The first kappa shape index (κ1) is 13.4. The molecule has 1 N–H and O–H groups in total. The Morgan fingerprint density at radius 1 is 1.29 bits per heavy atom. The summed E-state index contributed by atoms with van der Waals surface area (Å²) in [6.07, 6.45) is 0.953. The zero-order valence-corrected chi connectivity index (χ0v) is 10.6. The number of benzene rings is 1. The van der Waals surface area contributed by atoms with E-state index in [-0.39, 0.29) is 18.1 Å². The molecule has 3 nitrogen and oxygen atoms in total. The van der Waals surface area contributed by atoms with Crippen LogP contribution in [0.15, 0.2) is 24.3 Å². The Bertz CT molecular complexity index is 412. The molecule has 1 rings (SSSR count). The molecule has 0 aromatic heterocycles. The monoisotopic (exact) mass is 233 g/mol. The maximum absolute atomic E-state index is 11.6. The number of ketones is 1. The van der Waals surface area contributed by atoms with Crippen LogP contribution in [0.4, 0.5) is 5.69 Å². The van der Waals surface area contributed by atoms with Crippen molar-refractivity contribution in [1.29, 1.82) is 0 Å². The average molecular weight is 233 g/mol. The Hall–Kier alpha value is -1.64. The van der Waals surface area contributed by atoms with E-state index in [0.29, 0.717) is 5.92 Å². The molecule has 0 saturated heterocycles. The van der Waals surface area contributed by atoms with Crippen molar-refractivity contribution in [2.45, 2.75) is 39.5 Å². The summed E-state index contributed by atoms with van der Waals surface area (Å²) in [5, 5.41) is 2.80. The number of hydrogen-bond donors (Lipinski definition) is 1. The number of rotatable bonds is 5. The zero-order chi connectivity index (χ0) is 12.8. The Labute approximate surface area is 102 Å². The molecule has 3 heteroatoms. The molecule has 0 fully saturated rings. The first-order valence-electron chi connectivity index (χ1n) is 5.92. The molecule has 1 aromatic rings. The fourth-order valence-corrected chi connectivity index (χ4v) is 1.68. The van der Waals surface area contributed by atoms with E-state index in [1.54, 1.807) is 0 Å². The lowest BCUT2D eigenvalue weighted by Gasteiger charge is -2.15. The molecular formula is C14H19NO2. The molecule has 1 atom stereocenters. The minimum Gasteiger partial charge on any atom is -0.325 e. The number of carbonyl (C=O) groups excluding carboxylic acids is 2. The van der Waals surface area contributed by atoms with Crippen molar-refractivity contribution in [2.75, 3.05) is 5.32 Å². The van der Waals surface area contributed by atoms with Crippen LogP contribution in [0, 0.1) is 0 Å². The number of carbonyl (C=O) groups is 2. The van der Waals surface area contributed by atoms with Gasteiger partial charge in [0.25, 0.3) is 0 Å². The van der Waals surface area contributed by atoms with Crippen LogP contribution in [-0.4, -0.2) is 11.7 Å². The van der Waals surface area contributed by atoms with Crippen molar-refractivity contribution < 1.29 is 9.59 Å². The lowest BCUT2D eigenvalue weighted by Crippen LogP contribution is -2.16. The van der Waals surface area contributed by atoms with E-state index in [9.17, 15) is 9.59 Å². The molecular weight excluding hydrogens is 214 g/mol. The summed E-state index contributed by atoms with van der Waals surface area (Å²) >= 11 is 0. The van der Waals surface area contributed by atoms with E-state index in [1.807, 2.05) is 24.3 Å². The largest absolute Gasteiger partial charge is 0.325 e. The minimum atomic E-state index is -0.242. The Kier molecular flexibility index (Phi) is 4.88. The van der Waals surface area contributed by atoms with Gasteiger partial charge in [-0.2, -0.15) is 0 Å². The molecule has 0 bridgehead atoms. The second-order valence-electron chi connectivity index (χ2n) is 4.32. The molecule has 1 amide bonds. The van der Waals surface area contributed by atoms with Crippen molar-refractivity contribution >= 4 is 17.4 Å². The van der Waals surface area contributed by atoms with Crippen LogP contribution >= 0.6 is 0 Å². The van der Waals surface area contributed by atoms with Crippen LogP contribution < -0.4 is 5.32 Å². The van der Waals surface area contributed by atoms with E-state index in [2.05, 4.69) is 19.2 Å². The lowest BCUT2D eigenvalue weighted by atomic mass is 9.97. The third-order valence-corrected chi connectivity index (χ3v) is 2.79. The van der Waals surface area contributed by atoms with Gasteiger partial charge in [-0.1, -0.05) is 32.0 Å². The molecule has 0 heterocycles. The maximum atomic E-state index is 11.6. The highest BCUT2D eigenvalue weighted by Gasteiger charge is 2.11. The van der Waals surface area contributed by atoms with Gasteiger partial charge >= 0.3 is 0 Å². The van der Waals surface area contributed by atoms with Gasteiger partial charge in [0.05, 0.1) is 6.42 Å². The number of para-hydroxylation sites is 1. The number of hydrogen-bond acceptors (Lipinski definition) is 2. The number of nitrogens with one attached hydrogen (secondary N) is 1. The van der Waals surface area contributed by atoms with Gasteiger partial charge in [-0.3, -0.25) is 9.59 Å². The normalized spacial score (nSPS) is 11.9. The molecule has 0 aliphatic heterocycles. The van der Waals surface area contributed by atoms with Crippen LogP contribution in [0.2, 0.25) is 0 Å². The Morgan fingerprint density at radius 2 is 1.94 bits per heavy atom. The molecule has 17 heavy (non-hydrogen) atoms. The molecule has 0 aliphatic carbocycles. The van der Waals surface area contributed by atoms with Crippen LogP contribution in [-0.2, 0) is 9.59 Å². The summed E-state index contributed by atoms with van der Waals surface area (Å²) in [6, 6.07) is 7.73. The van der Waals surface area contributed by atoms with Gasteiger partial charge < -0.3 is 5.32 Å². The van der Waals surface area contributed by atoms with Crippen molar-refractivity contribution in [2.24, 2.45) is 0 Å². The summed E-state index contributed by atoms with van der Waals surface area (Å²) in [7, 11) is 0. The lowest BCUT2D eigenvalue weighted by molar-refractivity contribution is -0.124. The summed E-state index contributed by atoms with van der Waals surface area (Å²) in [5.41, 5.74) is 1.93. The number of amides is 1. The predicted molar refractivity (Wildman–Crippen MR) is 69.1 cm³/mol. The second kappa shape index (κ2) is 6.18. The third-order valence-electron chi connectivity index (χ3n) is 2.79. The van der Waals surface area contributed by atoms with Crippen LogP contribution in [0.5, 0.6) is 0 Å². The van der Waals surface area contributed by atoms with Gasteiger partial charge in [0.1, 0.15) is 5.78 Å². The average Bonchev–Trinajstić information content (AvgIpc) is 2.27. The molecule has 0 saturated carbocycles. The van der Waals surface area contributed by atoms with Crippen molar-refractivity contribution in [3.63, 3.8) is 0 Å². The Balaban J connectivity index is 2.83. The van der Waals surface area contributed by atoms with Crippen molar-refractivity contribution in [3.8, 4) is 0 Å². The zero-order valence-electron chi connectivity index (χ0n) is 10.6. The van der Waals surface area contributed by atoms with Gasteiger partial charge in [0.15, 0.2) is 0 Å². The first-order chi connectivity index (χ1) is 8.04. The molecule has 0 aliphatic rings. The van der Waals surface area contributed by atoms with Gasteiger partial charge in [0, 0.05) is 5.69 Å².